The number of carbonyl (C=O) groups is 1. The average Bonchev–Trinajstić information content (AvgIpc) is 2.38. The highest BCUT2D eigenvalue weighted by molar-refractivity contribution is 6.60. The van der Waals surface area contributed by atoms with Gasteiger partial charge in [0.2, 0.25) is 0 Å². The molecule has 0 bridgehead atoms. The van der Waals surface area contributed by atoms with Crippen molar-refractivity contribution in [3.05, 3.63) is 11.3 Å². The van der Waals surface area contributed by atoms with Gasteiger partial charge in [-0.2, -0.15) is 0 Å². The Hall–Kier alpha value is -0.653. The fraction of sp³-hybridized carbons (Fsp3) is 0.786. The van der Waals surface area contributed by atoms with Crippen molar-refractivity contribution in [2.45, 2.75) is 59.3 Å². The minimum Gasteiger partial charge on any atom is -0.478 e. The average molecular weight is 287 g/mol. The lowest BCUT2D eigenvalue weighted by Gasteiger charge is -2.15. The fourth-order valence-electron chi connectivity index (χ4n) is 1.36. The topological polar surface area (TPSA) is 55.8 Å². The fourth-order valence-corrected chi connectivity index (χ4v) is 2.90. The normalized spacial score (nSPS) is 12.1. The van der Waals surface area contributed by atoms with Gasteiger partial charge in [0.1, 0.15) is 0 Å². The molecule has 0 rings (SSSR count). The van der Waals surface area contributed by atoms with Gasteiger partial charge in [0, 0.05) is 13.2 Å². The van der Waals surface area contributed by atoms with Crippen LogP contribution in [0, 0.1) is 0 Å². The number of carboxylic acids is 1. The van der Waals surface area contributed by atoms with Crippen molar-refractivity contribution in [2.24, 2.45) is 0 Å². The first-order valence-electron chi connectivity index (χ1n) is 7.23. The molecule has 4 nitrogen and oxygen atoms in total. The molecule has 0 aliphatic rings. The van der Waals surface area contributed by atoms with Crippen LogP contribution in [0.1, 0.15) is 59.3 Å². The molecule has 0 unspecified atom stereocenters. The van der Waals surface area contributed by atoms with Crippen molar-refractivity contribution in [3.63, 3.8) is 0 Å². The molecule has 0 aromatic heterocycles. The first-order valence-corrected chi connectivity index (χ1v) is 8.55. The van der Waals surface area contributed by atoms with Gasteiger partial charge in [-0.25, -0.2) is 4.79 Å². The van der Waals surface area contributed by atoms with Gasteiger partial charge >= 0.3 is 15.3 Å². The molecular formula is C14H27O4Si. The van der Waals surface area contributed by atoms with Crippen LogP contribution in [0.15, 0.2) is 11.3 Å². The van der Waals surface area contributed by atoms with Crippen molar-refractivity contribution >= 4 is 15.3 Å². The van der Waals surface area contributed by atoms with Crippen LogP contribution in [0.25, 0.3) is 0 Å². The molecule has 0 heterocycles. The first-order chi connectivity index (χ1) is 9.17. The Labute approximate surface area is 118 Å². The minimum atomic E-state index is -1.84. The van der Waals surface area contributed by atoms with Crippen LogP contribution in [-0.4, -0.2) is 33.6 Å². The molecule has 1 radical (unpaired) electrons. The van der Waals surface area contributed by atoms with E-state index in [1.54, 1.807) is 6.08 Å². The van der Waals surface area contributed by atoms with Crippen LogP contribution in [0.5, 0.6) is 0 Å². The van der Waals surface area contributed by atoms with Gasteiger partial charge in [-0.15, -0.1) is 0 Å². The summed E-state index contributed by atoms with van der Waals surface area (Å²) in [7, 11) is -1.84. The molecule has 0 amide bonds. The maximum Gasteiger partial charge on any atom is 0.430 e. The van der Waals surface area contributed by atoms with Gasteiger partial charge in [-0.1, -0.05) is 46.1 Å². The van der Waals surface area contributed by atoms with Gasteiger partial charge in [0.25, 0.3) is 0 Å². The number of carboxylic acid groups (broad SMARTS) is 1. The molecule has 19 heavy (non-hydrogen) atoms. The lowest BCUT2D eigenvalue weighted by atomic mass is 10.3. The molecule has 0 aliphatic heterocycles. The third kappa shape index (κ3) is 8.97. The number of hydrogen-bond acceptors (Lipinski definition) is 3. The summed E-state index contributed by atoms with van der Waals surface area (Å²) >= 11 is 0. The van der Waals surface area contributed by atoms with Crippen molar-refractivity contribution in [3.8, 4) is 0 Å². The summed E-state index contributed by atoms with van der Waals surface area (Å²) in [6.07, 6.45) is 7.38. The van der Waals surface area contributed by atoms with Crippen LogP contribution in [-0.2, 0) is 13.6 Å². The summed E-state index contributed by atoms with van der Waals surface area (Å²) in [6.45, 7) is 7.34. The lowest BCUT2D eigenvalue weighted by molar-refractivity contribution is -0.132. The molecule has 0 fully saturated rings. The zero-order chi connectivity index (χ0) is 14.5. The molecule has 0 saturated heterocycles. The first kappa shape index (κ1) is 18.3. The molecule has 0 aliphatic carbocycles. The summed E-state index contributed by atoms with van der Waals surface area (Å²) in [5.74, 6) is -0.907. The Balaban J connectivity index is 4.57. The monoisotopic (exact) mass is 287 g/mol. The van der Waals surface area contributed by atoms with E-state index in [4.69, 9.17) is 8.85 Å². The van der Waals surface area contributed by atoms with Crippen molar-refractivity contribution in [1.82, 2.24) is 0 Å². The van der Waals surface area contributed by atoms with Crippen LogP contribution in [0.4, 0.5) is 0 Å². The number of aliphatic carboxylic acids is 1. The standard InChI is InChI=1S/C14H27O4Si/c1-4-7-10-13(14(15)16)19(17-11-8-5-2)18-12-9-6-3/h10H,4-9,11-12H2,1-3H3,(H,15,16)/b13-10+. The largest absolute Gasteiger partial charge is 0.478 e. The van der Waals surface area contributed by atoms with Crippen LogP contribution in [0.3, 0.4) is 0 Å². The SMILES string of the molecule is CCC/C=C(\C(=O)O)[Si](OCCCC)OCCCC. The summed E-state index contributed by atoms with van der Waals surface area (Å²) in [4.78, 5) is 11.3. The predicted molar refractivity (Wildman–Crippen MR) is 78.1 cm³/mol. The van der Waals surface area contributed by atoms with E-state index in [1.807, 2.05) is 6.92 Å². The molecule has 111 valence electrons. The smallest absolute Gasteiger partial charge is 0.430 e. The maximum atomic E-state index is 11.3. The van der Waals surface area contributed by atoms with Crippen LogP contribution in [0.2, 0.25) is 0 Å². The van der Waals surface area contributed by atoms with Gasteiger partial charge in [0.05, 0.1) is 5.20 Å². The molecule has 1 N–H and O–H groups in total. The minimum absolute atomic E-state index is 0.332. The molecule has 5 heteroatoms. The van der Waals surface area contributed by atoms with Crippen LogP contribution >= 0.6 is 0 Å². The van der Waals surface area contributed by atoms with Crippen molar-refractivity contribution < 1.29 is 18.8 Å². The van der Waals surface area contributed by atoms with E-state index in [-0.39, 0.29) is 0 Å². The van der Waals surface area contributed by atoms with E-state index in [0.29, 0.717) is 18.4 Å². The van der Waals surface area contributed by atoms with E-state index in [0.717, 1.165) is 38.5 Å². The molecule has 0 aromatic carbocycles. The van der Waals surface area contributed by atoms with Gasteiger partial charge < -0.3 is 14.0 Å². The second-order valence-corrected chi connectivity index (χ2v) is 6.09. The number of allylic oxidation sites excluding steroid dienone is 1. The van der Waals surface area contributed by atoms with Crippen molar-refractivity contribution in [2.75, 3.05) is 13.2 Å². The highest BCUT2D eigenvalue weighted by Gasteiger charge is 2.27. The Bertz CT molecular complexity index is 256. The second kappa shape index (κ2) is 12.4. The van der Waals surface area contributed by atoms with Crippen LogP contribution < -0.4 is 0 Å². The molecule has 0 atom stereocenters. The van der Waals surface area contributed by atoms with E-state index in [1.165, 1.54) is 0 Å². The number of unbranched alkanes of at least 4 members (excludes halogenated alkanes) is 3. The molecular weight excluding hydrogens is 260 g/mol. The highest BCUT2D eigenvalue weighted by atomic mass is 28.3. The Kier molecular flexibility index (Phi) is 12.0. The third-order valence-corrected chi connectivity index (χ3v) is 4.34. The Morgan fingerprint density at radius 3 is 1.95 bits per heavy atom. The molecule has 0 aromatic rings. The summed E-state index contributed by atoms with van der Waals surface area (Å²) < 4.78 is 11.4. The zero-order valence-electron chi connectivity index (χ0n) is 12.4. The molecule has 0 saturated carbocycles. The number of hydrogen-bond donors (Lipinski definition) is 1. The summed E-state index contributed by atoms with van der Waals surface area (Å²) in [5, 5.41) is 9.61. The van der Waals surface area contributed by atoms with Gasteiger partial charge in [-0.3, -0.25) is 0 Å². The highest BCUT2D eigenvalue weighted by Crippen LogP contribution is 2.10. The Morgan fingerprint density at radius 1 is 1.05 bits per heavy atom. The van der Waals surface area contributed by atoms with E-state index < -0.39 is 15.3 Å². The number of rotatable bonds is 12. The second-order valence-electron chi connectivity index (χ2n) is 4.40. The maximum absolute atomic E-state index is 11.3. The zero-order valence-corrected chi connectivity index (χ0v) is 13.4. The summed E-state index contributed by atoms with van der Waals surface area (Å²) in [6, 6.07) is 0. The van der Waals surface area contributed by atoms with Gasteiger partial charge in [-0.05, 0) is 19.3 Å². The van der Waals surface area contributed by atoms with E-state index in [9.17, 15) is 9.90 Å². The summed E-state index contributed by atoms with van der Waals surface area (Å²) in [5.41, 5.74) is 0. The lowest BCUT2D eigenvalue weighted by Crippen LogP contribution is -2.31. The Morgan fingerprint density at radius 2 is 1.58 bits per heavy atom. The van der Waals surface area contributed by atoms with E-state index >= 15 is 0 Å². The quantitative estimate of drug-likeness (QED) is 0.339. The van der Waals surface area contributed by atoms with Gasteiger partial charge in [0.15, 0.2) is 0 Å². The van der Waals surface area contributed by atoms with E-state index in [2.05, 4.69) is 13.8 Å². The predicted octanol–water partition coefficient (Wildman–Crippen LogP) is 3.46. The van der Waals surface area contributed by atoms with Crippen molar-refractivity contribution in [1.29, 1.82) is 0 Å². The molecule has 0 spiro atoms. The third-order valence-electron chi connectivity index (χ3n) is 2.55.